The summed E-state index contributed by atoms with van der Waals surface area (Å²) in [6.07, 6.45) is 0.502. The summed E-state index contributed by atoms with van der Waals surface area (Å²) in [6, 6.07) is -1.28. The lowest BCUT2D eigenvalue weighted by atomic mass is 10.2. The molecule has 1 aliphatic rings. The van der Waals surface area contributed by atoms with E-state index in [-0.39, 0.29) is 5.06 Å². The molecule has 0 aliphatic carbocycles. The van der Waals surface area contributed by atoms with Crippen LogP contribution >= 0.6 is 0 Å². The van der Waals surface area contributed by atoms with Crippen molar-refractivity contribution in [2.24, 2.45) is 0 Å². The fourth-order valence-corrected chi connectivity index (χ4v) is 0.796. The minimum absolute atomic E-state index is 0.105. The van der Waals surface area contributed by atoms with E-state index in [2.05, 4.69) is 5.32 Å². The molecule has 1 aliphatic heterocycles. The van der Waals surface area contributed by atoms with E-state index in [0.29, 0.717) is 6.42 Å². The second kappa shape index (κ2) is 2.26. The lowest BCUT2D eigenvalue weighted by Crippen LogP contribution is -2.27. The topological polar surface area (TPSA) is 69.6 Å². The average molecular weight is 144 g/mol. The van der Waals surface area contributed by atoms with Gasteiger partial charge in [0.2, 0.25) is 0 Å². The molecule has 1 unspecified atom stereocenters. The largest absolute Gasteiger partial charge is 0.349 e. The minimum atomic E-state index is -0.739. The fourth-order valence-electron chi connectivity index (χ4n) is 0.796. The molecule has 0 saturated carbocycles. The number of nitrogens with zero attached hydrogens (tertiary/aromatic N) is 1. The Morgan fingerprint density at radius 2 is 2.30 bits per heavy atom. The number of carbonyl (C=O) groups is 2. The van der Waals surface area contributed by atoms with Gasteiger partial charge in [-0.05, 0) is 6.42 Å². The van der Waals surface area contributed by atoms with Crippen molar-refractivity contribution < 1.29 is 14.8 Å². The summed E-state index contributed by atoms with van der Waals surface area (Å²) in [5.41, 5.74) is 0. The molecule has 3 amide bonds. The van der Waals surface area contributed by atoms with Crippen LogP contribution in [0.2, 0.25) is 0 Å². The van der Waals surface area contributed by atoms with Gasteiger partial charge in [-0.2, -0.15) is 0 Å². The summed E-state index contributed by atoms with van der Waals surface area (Å²) >= 11 is 0. The van der Waals surface area contributed by atoms with Crippen molar-refractivity contribution in [3.05, 3.63) is 0 Å². The quantitative estimate of drug-likeness (QED) is 0.392. The molecular formula is C5H8N2O3. The van der Waals surface area contributed by atoms with Crippen molar-refractivity contribution in [1.29, 1.82) is 0 Å². The molecule has 56 valence electrons. The number of hydroxylamine groups is 2. The molecule has 0 spiro atoms. The summed E-state index contributed by atoms with van der Waals surface area (Å²) in [6.45, 7) is 1.75. The van der Waals surface area contributed by atoms with E-state index < -0.39 is 18.0 Å². The van der Waals surface area contributed by atoms with Gasteiger partial charge in [0.15, 0.2) is 0 Å². The molecule has 0 aromatic rings. The molecule has 5 heteroatoms. The van der Waals surface area contributed by atoms with E-state index in [4.69, 9.17) is 5.21 Å². The lowest BCUT2D eigenvalue weighted by Gasteiger charge is -2.00. The van der Waals surface area contributed by atoms with E-state index in [1.165, 1.54) is 0 Å². The number of urea groups is 1. The van der Waals surface area contributed by atoms with E-state index >= 15 is 0 Å². The van der Waals surface area contributed by atoms with Crippen LogP contribution in [0.4, 0.5) is 4.79 Å². The molecule has 5 nitrogen and oxygen atoms in total. The average Bonchev–Trinajstić information content (AvgIpc) is 2.17. The molecule has 0 aromatic carbocycles. The van der Waals surface area contributed by atoms with Gasteiger partial charge in [-0.3, -0.25) is 10.0 Å². The molecule has 0 aromatic heterocycles. The Kier molecular flexibility index (Phi) is 1.58. The number of carbonyl (C=O) groups excluding carboxylic acids is 2. The summed E-state index contributed by atoms with van der Waals surface area (Å²) in [5.74, 6) is -0.576. The number of hydrogen-bond donors (Lipinski definition) is 2. The summed E-state index contributed by atoms with van der Waals surface area (Å²) in [5, 5.41) is 11.0. The molecule has 0 bridgehead atoms. The van der Waals surface area contributed by atoms with E-state index in [0.717, 1.165) is 0 Å². The standard InChI is InChI=1S/C5H8N2O3/c1-2-3-4(8)7(10)5(9)6-3/h3,10H,2H2,1H3,(H,6,9). The third kappa shape index (κ3) is 0.841. The first kappa shape index (κ1) is 7.01. The lowest BCUT2D eigenvalue weighted by molar-refractivity contribution is -0.149. The molecule has 1 atom stereocenters. The minimum Gasteiger partial charge on any atom is -0.324 e. The van der Waals surface area contributed by atoms with Gasteiger partial charge in [0.05, 0.1) is 0 Å². The van der Waals surface area contributed by atoms with Gasteiger partial charge < -0.3 is 5.32 Å². The Hall–Kier alpha value is -1.10. The molecule has 1 fully saturated rings. The van der Waals surface area contributed by atoms with Crippen LogP contribution in [-0.2, 0) is 4.79 Å². The van der Waals surface area contributed by atoms with Gasteiger partial charge >= 0.3 is 6.03 Å². The van der Waals surface area contributed by atoms with Crippen molar-refractivity contribution in [1.82, 2.24) is 10.4 Å². The van der Waals surface area contributed by atoms with Crippen LogP contribution in [0.1, 0.15) is 13.3 Å². The maximum Gasteiger partial charge on any atom is 0.349 e. The second-order valence-electron chi connectivity index (χ2n) is 2.06. The highest BCUT2D eigenvalue weighted by molar-refractivity contribution is 6.02. The van der Waals surface area contributed by atoms with Crippen LogP contribution in [0.3, 0.4) is 0 Å². The first-order valence-corrected chi connectivity index (χ1v) is 3.00. The first-order valence-electron chi connectivity index (χ1n) is 3.00. The smallest absolute Gasteiger partial charge is 0.324 e. The van der Waals surface area contributed by atoms with Gasteiger partial charge in [-0.25, -0.2) is 4.79 Å². The zero-order valence-corrected chi connectivity index (χ0v) is 5.50. The SMILES string of the molecule is CCC1NC(=O)N(O)C1=O. The maximum atomic E-state index is 10.7. The normalized spacial score (nSPS) is 25.4. The zero-order valence-electron chi connectivity index (χ0n) is 5.50. The summed E-state index contributed by atoms with van der Waals surface area (Å²) in [4.78, 5) is 21.2. The number of nitrogens with one attached hydrogen (secondary N) is 1. The van der Waals surface area contributed by atoms with Crippen molar-refractivity contribution in [3.63, 3.8) is 0 Å². The molecule has 1 rings (SSSR count). The van der Waals surface area contributed by atoms with Gasteiger partial charge in [-0.15, -0.1) is 5.06 Å². The third-order valence-corrected chi connectivity index (χ3v) is 1.41. The Bertz CT molecular complexity index is 180. The van der Waals surface area contributed by atoms with Gasteiger partial charge in [0, 0.05) is 0 Å². The van der Waals surface area contributed by atoms with Crippen molar-refractivity contribution in [3.8, 4) is 0 Å². The Morgan fingerprint density at radius 1 is 1.70 bits per heavy atom. The first-order chi connectivity index (χ1) is 4.66. The van der Waals surface area contributed by atoms with E-state index in [9.17, 15) is 9.59 Å². The summed E-state index contributed by atoms with van der Waals surface area (Å²) in [7, 11) is 0. The third-order valence-electron chi connectivity index (χ3n) is 1.41. The Balaban J connectivity index is 2.71. The number of hydrogen-bond acceptors (Lipinski definition) is 3. The predicted molar refractivity (Wildman–Crippen MR) is 31.2 cm³/mol. The highest BCUT2D eigenvalue weighted by Crippen LogP contribution is 2.04. The van der Waals surface area contributed by atoms with Crippen LogP contribution < -0.4 is 5.32 Å². The highest BCUT2D eigenvalue weighted by Gasteiger charge is 2.35. The zero-order chi connectivity index (χ0) is 7.72. The number of imide groups is 1. The Morgan fingerprint density at radius 3 is 2.50 bits per heavy atom. The highest BCUT2D eigenvalue weighted by atomic mass is 16.5. The van der Waals surface area contributed by atoms with Crippen molar-refractivity contribution in [2.75, 3.05) is 0 Å². The van der Waals surface area contributed by atoms with Crippen LogP contribution in [0.5, 0.6) is 0 Å². The van der Waals surface area contributed by atoms with E-state index in [1.54, 1.807) is 6.92 Å². The van der Waals surface area contributed by atoms with Crippen molar-refractivity contribution in [2.45, 2.75) is 19.4 Å². The fraction of sp³-hybridized carbons (Fsp3) is 0.600. The molecule has 2 N–H and O–H groups in total. The molecular weight excluding hydrogens is 136 g/mol. The van der Waals surface area contributed by atoms with E-state index in [1.807, 2.05) is 0 Å². The summed E-state index contributed by atoms with van der Waals surface area (Å²) < 4.78 is 0. The molecule has 1 heterocycles. The van der Waals surface area contributed by atoms with Crippen LogP contribution in [0.15, 0.2) is 0 Å². The van der Waals surface area contributed by atoms with Gasteiger partial charge in [0.1, 0.15) is 6.04 Å². The van der Waals surface area contributed by atoms with Crippen molar-refractivity contribution >= 4 is 11.9 Å². The molecule has 1 saturated heterocycles. The number of rotatable bonds is 1. The van der Waals surface area contributed by atoms with Crippen LogP contribution in [0, 0.1) is 0 Å². The second-order valence-corrected chi connectivity index (χ2v) is 2.06. The van der Waals surface area contributed by atoms with Gasteiger partial charge in [0.25, 0.3) is 5.91 Å². The monoisotopic (exact) mass is 144 g/mol. The molecule has 0 radical (unpaired) electrons. The Labute approximate surface area is 57.6 Å². The maximum absolute atomic E-state index is 10.7. The van der Waals surface area contributed by atoms with Crippen LogP contribution in [-0.4, -0.2) is 28.3 Å². The predicted octanol–water partition coefficient (Wildman–Crippen LogP) is -0.294. The van der Waals surface area contributed by atoms with Gasteiger partial charge in [-0.1, -0.05) is 6.92 Å². The molecule has 10 heavy (non-hydrogen) atoms. The number of amides is 3. The van der Waals surface area contributed by atoms with Crippen LogP contribution in [0.25, 0.3) is 0 Å².